The zero-order valence-electron chi connectivity index (χ0n) is 80.5. The average Bonchev–Trinajstić information content (AvgIpc) is 1.51. The lowest BCUT2D eigenvalue weighted by Crippen LogP contribution is -2.55. The molecular formula is C138H105N3S3. The highest BCUT2D eigenvalue weighted by atomic mass is 32.1. The van der Waals surface area contributed by atoms with E-state index >= 15 is 0 Å². The summed E-state index contributed by atoms with van der Waals surface area (Å²) in [5.41, 5.74) is 38.6. The van der Waals surface area contributed by atoms with Gasteiger partial charge in [0.2, 0.25) is 0 Å². The van der Waals surface area contributed by atoms with E-state index in [1.807, 2.05) is 34.0 Å². The van der Waals surface area contributed by atoms with Crippen LogP contribution >= 0.6 is 34.0 Å². The van der Waals surface area contributed by atoms with Gasteiger partial charge in [-0.3, -0.25) is 0 Å². The maximum Gasteiger partial charge on any atom is 0.0619 e. The van der Waals surface area contributed by atoms with Gasteiger partial charge in [0.15, 0.2) is 0 Å². The first-order chi connectivity index (χ1) is 71.3. The molecule has 24 aromatic rings. The van der Waals surface area contributed by atoms with Gasteiger partial charge in [-0.25, -0.2) is 0 Å². The smallest absolute Gasteiger partial charge is 0.0619 e. The molecule has 12 bridgehead atoms. The van der Waals surface area contributed by atoms with E-state index in [-0.39, 0.29) is 16.2 Å². The van der Waals surface area contributed by atoms with Crippen molar-refractivity contribution < 1.29 is 0 Å². The van der Waals surface area contributed by atoms with E-state index in [1.54, 1.807) is 33.4 Å². The Kier molecular flexibility index (Phi) is 17.0. The average molecular weight is 1900 g/mol. The van der Waals surface area contributed by atoms with Crippen LogP contribution < -0.4 is 0 Å². The van der Waals surface area contributed by atoms with E-state index in [4.69, 9.17) is 0 Å². The number of fused-ring (bicyclic) bond motifs is 27. The first-order valence-electron chi connectivity index (χ1n) is 53.8. The lowest BCUT2D eigenvalue weighted by molar-refractivity contribution is -0.0399. The first kappa shape index (κ1) is 81.4. The van der Waals surface area contributed by atoms with Gasteiger partial charge in [0.25, 0.3) is 0 Å². The minimum absolute atomic E-state index is 0.156. The number of nitrogens with zero attached hydrogens (tertiary/aromatic N) is 3. The molecule has 6 aromatic heterocycles. The fourth-order valence-corrected chi connectivity index (χ4v) is 38.6. The third-order valence-electron chi connectivity index (χ3n) is 39.5. The molecule has 0 radical (unpaired) electrons. The second-order valence-electron chi connectivity index (χ2n) is 45.9. The van der Waals surface area contributed by atoms with Crippen LogP contribution in [0.1, 0.15) is 130 Å². The molecule has 0 unspecified atom stereocenters. The standard InChI is InChI=1S/3C46H35NS/c1-4-14-38-32(9-1)37-26-31(19-20-39(37)46(38)29-22-27-21-28(24-29)25-30(46)23-27)47-40-15-5-2-10-35(40)44-33(12-7-16-41(44)47)34-13-8-18-43-45(34)36-11-3-6-17-42(36)48-43;1-4-12-39-34(8-1)37-26-32(17-18-40(37)46(39)30-21-27-20-28(23-30)24-31(46)22-27)47-41-13-5-2-10-36(41)45-33(11-7-14-42(45)47)29-16-19-44-38(25-29)35-9-3-6-15-43(35)48-44;1-4-13-40-34(8-1)35-19-17-32(26-41(35)46(40)30-21-27-20-28(23-30)24-31(46)22-27)47-42-14-5-2-9-36(42)39-12-7-11-33(45(39)47)29-16-18-38-37-10-3-6-15-43(37)48-44(38)25-29/h1-20,26-30H,21-25H2;2*1-19,25-28,30-31H,20-24H2. The monoisotopic (exact) mass is 1900 g/mol. The van der Waals surface area contributed by atoms with Gasteiger partial charge in [-0.15, -0.1) is 34.0 Å². The summed E-state index contributed by atoms with van der Waals surface area (Å²) in [6, 6.07) is 147. The first-order valence-corrected chi connectivity index (χ1v) is 56.3. The molecule has 3 nitrogen and oxygen atoms in total. The van der Waals surface area contributed by atoms with Gasteiger partial charge < -0.3 is 13.7 Å². The zero-order chi connectivity index (χ0) is 93.4. The fourth-order valence-electron chi connectivity index (χ4n) is 35.2. The Morgan fingerprint density at radius 1 is 0.174 bits per heavy atom. The molecule has 0 N–H and O–H groups in total. The minimum atomic E-state index is 0.156. The topological polar surface area (TPSA) is 14.8 Å². The molecule has 144 heavy (non-hydrogen) atoms. The van der Waals surface area contributed by atoms with E-state index in [2.05, 4.69) is 396 Å². The number of rotatable bonds is 6. The normalized spacial score (nSPS) is 25.2. The summed E-state index contributed by atoms with van der Waals surface area (Å²) in [7, 11) is 0. The number of hydrogen-bond acceptors (Lipinski definition) is 3. The molecule has 12 saturated carbocycles. The van der Waals surface area contributed by atoms with Gasteiger partial charge in [-0.05, 0) is 371 Å². The third-order valence-corrected chi connectivity index (χ3v) is 43.0. The largest absolute Gasteiger partial charge is 0.309 e. The number of benzene rings is 18. The van der Waals surface area contributed by atoms with Gasteiger partial charge in [-0.2, -0.15) is 0 Å². The van der Waals surface area contributed by atoms with Crippen molar-refractivity contribution in [1.29, 1.82) is 0 Å². The number of aromatic nitrogens is 3. The Bertz CT molecular complexity index is 9620. The quantitative estimate of drug-likeness (QED) is 0.158. The summed E-state index contributed by atoms with van der Waals surface area (Å²) < 4.78 is 15.8. The molecule has 0 aliphatic heterocycles. The Hall–Kier alpha value is -14.0. The van der Waals surface area contributed by atoms with Crippen LogP contribution in [0.25, 0.3) is 210 Å². The van der Waals surface area contributed by atoms with Crippen LogP contribution in [0.3, 0.4) is 0 Å². The zero-order valence-corrected chi connectivity index (χ0v) is 82.9. The predicted octanol–water partition coefficient (Wildman–Crippen LogP) is 37.6. The summed E-state index contributed by atoms with van der Waals surface area (Å²) in [5, 5.41) is 16.1. The second kappa shape index (κ2) is 30.1. The predicted molar refractivity (Wildman–Crippen MR) is 607 cm³/mol. The molecule has 0 atom stereocenters. The molecule has 39 rings (SSSR count). The number of hydrogen-bond donors (Lipinski definition) is 0. The number of thiophene rings is 3. The summed E-state index contributed by atoms with van der Waals surface area (Å²) in [4.78, 5) is 0. The van der Waals surface area contributed by atoms with Crippen molar-refractivity contribution in [2.75, 3.05) is 0 Å². The molecule has 15 aliphatic rings. The van der Waals surface area contributed by atoms with E-state index in [0.29, 0.717) is 0 Å². The summed E-state index contributed by atoms with van der Waals surface area (Å²) in [6.45, 7) is 0. The van der Waals surface area contributed by atoms with Crippen molar-refractivity contribution in [2.24, 2.45) is 71.0 Å². The second-order valence-corrected chi connectivity index (χ2v) is 49.2. The van der Waals surface area contributed by atoms with Crippen LogP contribution in [0.2, 0.25) is 0 Å². The van der Waals surface area contributed by atoms with Crippen molar-refractivity contribution in [3.05, 3.63) is 416 Å². The molecule has 3 spiro atoms. The van der Waals surface area contributed by atoms with Crippen LogP contribution in [0.15, 0.2) is 382 Å². The molecular weight excluding hydrogens is 1800 g/mol. The van der Waals surface area contributed by atoms with Crippen molar-refractivity contribution in [3.8, 4) is 83.8 Å². The molecule has 15 aliphatic carbocycles. The molecule has 6 heteroatoms. The highest BCUT2D eigenvalue weighted by Crippen LogP contribution is 2.74. The molecule has 0 amide bonds. The maximum absolute atomic E-state index is 2.65. The van der Waals surface area contributed by atoms with Crippen LogP contribution in [-0.2, 0) is 16.2 Å². The van der Waals surface area contributed by atoms with Crippen molar-refractivity contribution in [2.45, 2.75) is 113 Å². The molecule has 690 valence electrons. The molecule has 18 aromatic carbocycles. The summed E-state index contributed by atoms with van der Waals surface area (Å²) in [6.07, 6.45) is 21.5. The van der Waals surface area contributed by atoms with Crippen LogP contribution in [-0.4, -0.2) is 13.7 Å². The van der Waals surface area contributed by atoms with Gasteiger partial charge in [0, 0.05) is 132 Å². The van der Waals surface area contributed by atoms with Gasteiger partial charge >= 0.3 is 0 Å². The summed E-state index contributed by atoms with van der Waals surface area (Å²) in [5.74, 6) is 10.4. The van der Waals surface area contributed by atoms with E-state index in [0.717, 1.165) is 71.0 Å². The molecule has 6 heterocycles. The summed E-state index contributed by atoms with van der Waals surface area (Å²) >= 11 is 5.69. The van der Waals surface area contributed by atoms with Crippen LogP contribution in [0.4, 0.5) is 0 Å². The van der Waals surface area contributed by atoms with E-state index in [9.17, 15) is 0 Å². The highest BCUT2D eigenvalue weighted by molar-refractivity contribution is 7.26. The Balaban J connectivity index is 0.0000000932. The maximum atomic E-state index is 2.65. The van der Waals surface area contributed by atoms with Crippen molar-refractivity contribution in [3.63, 3.8) is 0 Å². The van der Waals surface area contributed by atoms with Crippen LogP contribution in [0, 0.1) is 71.0 Å². The fraction of sp³-hybridized carbons (Fsp3) is 0.217. The lowest BCUT2D eigenvalue weighted by atomic mass is 9.43. The highest BCUT2D eigenvalue weighted by Gasteiger charge is 2.65. The van der Waals surface area contributed by atoms with Gasteiger partial charge in [-0.1, -0.05) is 273 Å². The lowest BCUT2D eigenvalue weighted by Gasteiger charge is -2.61. The van der Waals surface area contributed by atoms with Crippen molar-refractivity contribution in [1.82, 2.24) is 13.7 Å². The van der Waals surface area contributed by atoms with Crippen LogP contribution in [0.5, 0.6) is 0 Å². The molecule has 12 fully saturated rings. The van der Waals surface area contributed by atoms with E-state index in [1.165, 1.54) is 306 Å². The van der Waals surface area contributed by atoms with Gasteiger partial charge in [0.1, 0.15) is 0 Å². The Morgan fingerprint density at radius 3 is 1.06 bits per heavy atom. The Labute approximate surface area is 849 Å². The van der Waals surface area contributed by atoms with Crippen molar-refractivity contribution >= 4 is 160 Å². The Morgan fingerprint density at radius 2 is 0.507 bits per heavy atom. The molecule has 0 saturated heterocycles. The van der Waals surface area contributed by atoms with E-state index < -0.39 is 0 Å². The minimum Gasteiger partial charge on any atom is -0.309 e. The third kappa shape index (κ3) is 11.0. The SMILES string of the molecule is c1ccc2c(c1)-c1cc(-n3c4ccccc4c4c(-c5ccc6sc7ccccc7c6c5)cccc43)ccc1C21C2CC3CC(C2)CC1C3.c1ccc2c(c1)-c1cc(-n3c4ccccc4c4c(-c5cccc6sc7ccccc7c56)cccc43)ccc1C21C2CC3CC(C2)CC1C3.c1ccc2c(c1)-c1ccc(-n3c4ccccc4c4cccc(-c5ccc6c(c5)sc5ccccc56)c43)cc1C21C2CC3CC(C2)CC1C3. The van der Waals surface area contributed by atoms with Gasteiger partial charge in [0.05, 0.1) is 33.1 Å². The number of para-hydroxylation sites is 4.